The molecular formula is C14H18N4O3. The fourth-order valence-electron chi connectivity index (χ4n) is 2.48. The predicted octanol–water partition coefficient (Wildman–Crippen LogP) is 0.611. The number of hydrogen-bond donors (Lipinski definition) is 1. The Morgan fingerprint density at radius 3 is 2.86 bits per heavy atom. The Bertz CT molecular complexity index is 662. The standard InChI is InChI=1S/C14H18N4O3/c1-10-2-3-11(14(19)20)13-15-12(16-18(10)13)4-5-17-6-8-21-9-7-17/h2-3H,4-9H2,1H3,(H,19,20). The van der Waals surface area contributed by atoms with Crippen molar-refractivity contribution in [3.05, 3.63) is 29.2 Å². The Morgan fingerprint density at radius 1 is 1.38 bits per heavy atom. The van der Waals surface area contributed by atoms with Crippen LogP contribution in [0.4, 0.5) is 0 Å². The quantitative estimate of drug-likeness (QED) is 0.888. The minimum atomic E-state index is -0.980. The van der Waals surface area contributed by atoms with Crippen LogP contribution in [0.1, 0.15) is 21.9 Å². The molecule has 2 aromatic rings. The second-order valence-electron chi connectivity index (χ2n) is 5.16. The van der Waals surface area contributed by atoms with Gasteiger partial charge in [0.25, 0.3) is 0 Å². The Balaban J connectivity index is 1.81. The Hall–Kier alpha value is -1.99. The third-order valence-electron chi connectivity index (χ3n) is 3.70. The summed E-state index contributed by atoms with van der Waals surface area (Å²) >= 11 is 0. The average Bonchev–Trinajstić information content (AvgIpc) is 2.91. The molecule has 0 bridgehead atoms. The number of aromatic nitrogens is 3. The van der Waals surface area contributed by atoms with Crippen molar-refractivity contribution in [1.29, 1.82) is 0 Å². The average molecular weight is 290 g/mol. The number of nitrogens with zero attached hydrogens (tertiary/aromatic N) is 4. The van der Waals surface area contributed by atoms with Crippen molar-refractivity contribution in [2.24, 2.45) is 0 Å². The van der Waals surface area contributed by atoms with Crippen LogP contribution in [0.15, 0.2) is 12.1 Å². The summed E-state index contributed by atoms with van der Waals surface area (Å²) < 4.78 is 6.92. The van der Waals surface area contributed by atoms with Gasteiger partial charge < -0.3 is 9.84 Å². The third kappa shape index (κ3) is 2.88. The summed E-state index contributed by atoms with van der Waals surface area (Å²) in [4.78, 5) is 17.9. The van der Waals surface area contributed by atoms with Gasteiger partial charge in [0.1, 0.15) is 5.56 Å². The van der Waals surface area contributed by atoms with E-state index in [2.05, 4.69) is 15.0 Å². The van der Waals surface area contributed by atoms with Crippen LogP contribution >= 0.6 is 0 Å². The van der Waals surface area contributed by atoms with Crippen molar-refractivity contribution in [1.82, 2.24) is 19.5 Å². The van der Waals surface area contributed by atoms with Crippen LogP contribution in [-0.2, 0) is 11.2 Å². The van der Waals surface area contributed by atoms with Gasteiger partial charge in [-0.1, -0.05) is 0 Å². The second kappa shape index (κ2) is 5.79. The van der Waals surface area contributed by atoms with Gasteiger partial charge in [-0.3, -0.25) is 4.90 Å². The molecule has 0 atom stereocenters. The van der Waals surface area contributed by atoms with Gasteiger partial charge >= 0.3 is 5.97 Å². The van der Waals surface area contributed by atoms with Crippen LogP contribution in [0.25, 0.3) is 5.65 Å². The van der Waals surface area contributed by atoms with Crippen LogP contribution in [0.2, 0.25) is 0 Å². The van der Waals surface area contributed by atoms with E-state index >= 15 is 0 Å². The largest absolute Gasteiger partial charge is 0.478 e. The van der Waals surface area contributed by atoms with Gasteiger partial charge in [0.15, 0.2) is 11.5 Å². The molecule has 7 heteroatoms. The number of pyridine rings is 1. The molecule has 1 aliphatic heterocycles. The van der Waals surface area contributed by atoms with Crippen LogP contribution in [0.3, 0.4) is 0 Å². The molecule has 0 radical (unpaired) electrons. The maximum Gasteiger partial charge on any atom is 0.339 e. The number of morpholine rings is 1. The van der Waals surface area contributed by atoms with E-state index in [-0.39, 0.29) is 5.56 Å². The molecule has 0 amide bonds. The minimum absolute atomic E-state index is 0.186. The molecule has 1 saturated heterocycles. The summed E-state index contributed by atoms with van der Waals surface area (Å²) in [5.41, 5.74) is 1.48. The van der Waals surface area contributed by atoms with Crippen molar-refractivity contribution in [3.8, 4) is 0 Å². The summed E-state index contributed by atoms with van der Waals surface area (Å²) in [5, 5.41) is 13.6. The highest BCUT2D eigenvalue weighted by Gasteiger charge is 2.16. The van der Waals surface area contributed by atoms with E-state index in [9.17, 15) is 9.90 Å². The molecular weight excluding hydrogens is 272 g/mol. The zero-order chi connectivity index (χ0) is 14.8. The number of carbonyl (C=O) groups is 1. The van der Waals surface area contributed by atoms with Crippen molar-refractivity contribution < 1.29 is 14.6 Å². The number of aromatic carboxylic acids is 1. The van der Waals surface area contributed by atoms with Crippen molar-refractivity contribution in [2.45, 2.75) is 13.3 Å². The molecule has 7 nitrogen and oxygen atoms in total. The van der Waals surface area contributed by atoms with Crippen LogP contribution in [0.5, 0.6) is 0 Å². The number of carboxylic acids is 1. The molecule has 3 rings (SSSR count). The normalized spacial score (nSPS) is 16.4. The summed E-state index contributed by atoms with van der Waals surface area (Å²) in [6, 6.07) is 3.32. The molecule has 0 aromatic carbocycles. The highest BCUT2D eigenvalue weighted by molar-refractivity contribution is 5.94. The summed E-state index contributed by atoms with van der Waals surface area (Å²) in [6.45, 7) is 6.13. The maximum absolute atomic E-state index is 11.2. The van der Waals surface area contributed by atoms with Gasteiger partial charge in [0.2, 0.25) is 0 Å². The highest BCUT2D eigenvalue weighted by Crippen LogP contribution is 2.12. The minimum Gasteiger partial charge on any atom is -0.478 e. The lowest BCUT2D eigenvalue weighted by Gasteiger charge is -2.25. The smallest absolute Gasteiger partial charge is 0.339 e. The Labute approximate surface area is 122 Å². The number of fused-ring (bicyclic) bond motifs is 1. The molecule has 3 heterocycles. The first-order chi connectivity index (χ1) is 10.1. The van der Waals surface area contributed by atoms with Crippen molar-refractivity contribution >= 4 is 11.6 Å². The van der Waals surface area contributed by atoms with Crippen molar-refractivity contribution in [3.63, 3.8) is 0 Å². The lowest BCUT2D eigenvalue weighted by molar-refractivity contribution is 0.0382. The van der Waals surface area contributed by atoms with Crippen molar-refractivity contribution in [2.75, 3.05) is 32.8 Å². The van der Waals surface area contributed by atoms with Gasteiger partial charge in [-0.15, -0.1) is 0 Å². The third-order valence-corrected chi connectivity index (χ3v) is 3.70. The summed E-state index contributed by atoms with van der Waals surface area (Å²) in [7, 11) is 0. The predicted molar refractivity (Wildman–Crippen MR) is 75.6 cm³/mol. The molecule has 1 fully saturated rings. The zero-order valence-corrected chi connectivity index (χ0v) is 11.9. The topological polar surface area (TPSA) is 80.0 Å². The van der Waals surface area contributed by atoms with Gasteiger partial charge in [-0.25, -0.2) is 14.3 Å². The first kappa shape index (κ1) is 14.0. The SMILES string of the molecule is Cc1ccc(C(=O)O)c2nc(CCN3CCOCC3)nn12. The molecule has 0 saturated carbocycles. The lowest BCUT2D eigenvalue weighted by Crippen LogP contribution is -2.37. The van der Waals surface area contributed by atoms with E-state index in [1.807, 2.05) is 6.92 Å². The van der Waals surface area contributed by atoms with E-state index in [0.717, 1.165) is 38.5 Å². The van der Waals surface area contributed by atoms with E-state index in [0.29, 0.717) is 17.9 Å². The number of ether oxygens (including phenoxy) is 1. The highest BCUT2D eigenvalue weighted by atomic mass is 16.5. The first-order valence-electron chi connectivity index (χ1n) is 7.04. The molecule has 0 spiro atoms. The Morgan fingerprint density at radius 2 is 2.14 bits per heavy atom. The number of hydrogen-bond acceptors (Lipinski definition) is 5. The van der Waals surface area contributed by atoms with Crippen LogP contribution in [-0.4, -0.2) is 63.4 Å². The molecule has 1 aliphatic rings. The number of carboxylic acid groups (broad SMARTS) is 1. The Kier molecular flexibility index (Phi) is 3.85. The van der Waals surface area contributed by atoms with E-state index in [4.69, 9.17) is 4.74 Å². The molecule has 2 aromatic heterocycles. The van der Waals surface area contributed by atoms with Gasteiger partial charge in [-0.2, -0.15) is 5.10 Å². The fourth-order valence-corrected chi connectivity index (χ4v) is 2.48. The van der Waals surface area contributed by atoms with Crippen LogP contribution in [0, 0.1) is 6.92 Å². The second-order valence-corrected chi connectivity index (χ2v) is 5.16. The fraction of sp³-hybridized carbons (Fsp3) is 0.500. The molecule has 112 valence electrons. The zero-order valence-electron chi connectivity index (χ0n) is 11.9. The monoisotopic (exact) mass is 290 g/mol. The van der Waals surface area contributed by atoms with Crippen LogP contribution < -0.4 is 0 Å². The number of rotatable bonds is 4. The molecule has 0 aliphatic carbocycles. The summed E-state index contributed by atoms with van der Waals surface area (Å²) in [6.07, 6.45) is 0.709. The molecule has 0 unspecified atom stereocenters. The lowest BCUT2D eigenvalue weighted by atomic mass is 10.2. The van der Waals surface area contributed by atoms with Gasteiger partial charge in [0, 0.05) is 31.7 Å². The van der Waals surface area contributed by atoms with Gasteiger partial charge in [-0.05, 0) is 19.1 Å². The van der Waals surface area contributed by atoms with E-state index in [1.54, 1.807) is 16.6 Å². The van der Waals surface area contributed by atoms with E-state index in [1.165, 1.54) is 0 Å². The first-order valence-corrected chi connectivity index (χ1v) is 7.04. The molecule has 1 N–H and O–H groups in total. The maximum atomic E-state index is 11.2. The molecule has 21 heavy (non-hydrogen) atoms. The van der Waals surface area contributed by atoms with Gasteiger partial charge in [0.05, 0.1) is 13.2 Å². The summed E-state index contributed by atoms with van der Waals surface area (Å²) in [5.74, 6) is -0.301. The number of aryl methyl sites for hydroxylation is 1. The van der Waals surface area contributed by atoms with E-state index < -0.39 is 5.97 Å².